The SMILES string of the molecule is CC[C@H](C)[C@H](NC(=O)[C@@H](NC(=O)[C@@H](NC(=O)[C@@H](NC(=O)[C@@H](N)C(C)C)C(C)C)[C@@H](C)CC)C(C)C)C(=O)N[C@@H](Cc1ccc(O)cc1)C(=O)O. The van der Waals surface area contributed by atoms with Crippen molar-refractivity contribution in [3.63, 3.8) is 0 Å². The second kappa shape index (κ2) is 20.5. The molecular formula is C36H60N6O8. The minimum atomic E-state index is -1.31. The maximum absolute atomic E-state index is 13.8. The zero-order valence-electron chi connectivity index (χ0n) is 31.2. The average molecular weight is 705 g/mol. The Balaban J connectivity index is 3.21. The van der Waals surface area contributed by atoms with Crippen molar-refractivity contribution in [2.75, 3.05) is 0 Å². The fraction of sp³-hybridized carbons (Fsp3) is 0.667. The number of nitrogens with one attached hydrogen (secondary N) is 5. The van der Waals surface area contributed by atoms with Crippen molar-refractivity contribution in [3.05, 3.63) is 29.8 Å². The largest absolute Gasteiger partial charge is 0.508 e. The van der Waals surface area contributed by atoms with E-state index in [-0.39, 0.29) is 29.9 Å². The number of aliphatic carboxylic acids is 1. The Morgan fingerprint density at radius 2 is 0.940 bits per heavy atom. The fourth-order valence-corrected chi connectivity index (χ4v) is 5.08. The minimum Gasteiger partial charge on any atom is -0.508 e. The van der Waals surface area contributed by atoms with Crippen LogP contribution in [0.3, 0.4) is 0 Å². The van der Waals surface area contributed by atoms with Crippen molar-refractivity contribution < 1.29 is 39.0 Å². The van der Waals surface area contributed by atoms with Gasteiger partial charge in [-0.2, -0.15) is 0 Å². The van der Waals surface area contributed by atoms with Gasteiger partial charge in [0.1, 0.15) is 36.0 Å². The van der Waals surface area contributed by atoms with Gasteiger partial charge in [-0.25, -0.2) is 4.79 Å². The van der Waals surface area contributed by atoms with Crippen molar-refractivity contribution in [1.29, 1.82) is 0 Å². The van der Waals surface area contributed by atoms with Crippen LogP contribution >= 0.6 is 0 Å². The summed E-state index contributed by atoms with van der Waals surface area (Å²) in [5.41, 5.74) is 6.56. The summed E-state index contributed by atoms with van der Waals surface area (Å²) in [6.45, 7) is 17.8. The van der Waals surface area contributed by atoms with Crippen LogP contribution in [0.2, 0.25) is 0 Å². The third kappa shape index (κ3) is 13.3. The Bertz CT molecular complexity index is 1300. The van der Waals surface area contributed by atoms with Crippen LogP contribution in [0.1, 0.15) is 87.6 Å². The Hall–Kier alpha value is -4.20. The lowest BCUT2D eigenvalue weighted by atomic mass is 9.94. The molecule has 0 aliphatic rings. The van der Waals surface area contributed by atoms with Crippen LogP contribution in [0.25, 0.3) is 0 Å². The van der Waals surface area contributed by atoms with E-state index in [9.17, 15) is 39.0 Å². The van der Waals surface area contributed by atoms with E-state index in [0.29, 0.717) is 18.4 Å². The molecule has 0 aromatic heterocycles. The molecule has 14 nitrogen and oxygen atoms in total. The monoisotopic (exact) mass is 704 g/mol. The molecule has 0 aliphatic heterocycles. The molecule has 0 heterocycles. The summed E-state index contributed by atoms with van der Waals surface area (Å²) in [4.78, 5) is 79.2. The maximum atomic E-state index is 13.8. The van der Waals surface area contributed by atoms with Crippen LogP contribution < -0.4 is 32.3 Å². The first-order chi connectivity index (χ1) is 23.2. The number of carbonyl (C=O) groups is 6. The zero-order chi connectivity index (χ0) is 38.5. The van der Waals surface area contributed by atoms with Gasteiger partial charge in [-0.15, -0.1) is 0 Å². The number of carboxylic acids is 1. The van der Waals surface area contributed by atoms with Crippen molar-refractivity contribution in [2.45, 2.75) is 125 Å². The van der Waals surface area contributed by atoms with Crippen molar-refractivity contribution in [3.8, 4) is 5.75 Å². The number of benzene rings is 1. The van der Waals surface area contributed by atoms with Gasteiger partial charge in [0.05, 0.1) is 6.04 Å². The second-order valence-electron chi connectivity index (χ2n) is 14.2. The van der Waals surface area contributed by atoms with Gasteiger partial charge < -0.3 is 42.5 Å². The van der Waals surface area contributed by atoms with Gasteiger partial charge in [0, 0.05) is 6.42 Å². The maximum Gasteiger partial charge on any atom is 0.326 e. The first-order valence-corrected chi connectivity index (χ1v) is 17.5. The molecule has 0 fully saturated rings. The van der Waals surface area contributed by atoms with Crippen LogP contribution in [0, 0.1) is 29.6 Å². The topological polar surface area (TPSA) is 229 Å². The summed E-state index contributed by atoms with van der Waals surface area (Å²) >= 11 is 0. The Morgan fingerprint density at radius 3 is 1.30 bits per heavy atom. The van der Waals surface area contributed by atoms with Gasteiger partial charge >= 0.3 is 5.97 Å². The van der Waals surface area contributed by atoms with Crippen LogP contribution in [-0.2, 0) is 35.2 Å². The summed E-state index contributed by atoms with van der Waals surface area (Å²) < 4.78 is 0. The van der Waals surface area contributed by atoms with E-state index in [1.54, 1.807) is 67.5 Å². The van der Waals surface area contributed by atoms with Gasteiger partial charge in [-0.05, 0) is 47.3 Å². The molecule has 0 saturated carbocycles. The van der Waals surface area contributed by atoms with Crippen LogP contribution in [-0.4, -0.2) is 82.0 Å². The van der Waals surface area contributed by atoms with E-state index >= 15 is 0 Å². The first-order valence-electron chi connectivity index (χ1n) is 17.5. The molecule has 282 valence electrons. The molecule has 8 atom stereocenters. The van der Waals surface area contributed by atoms with Gasteiger partial charge in [-0.3, -0.25) is 24.0 Å². The quantitative estimate of drug-likeness (QED) is 0.0989. The van der Waals surface area contributed by atoms with E-state index in [4.69, 9.17) is 5.73 Å². The number of phenols is 1. The molecule has 5 amide bonds. The number of phenolic OH excluding ortho intramolecular Hbond substituents is 1. The van der Waals surface area contributed by atoms with Crippen molar-refractivity contribution in [2.24, 2.45) is 35.3 Å². The van der Waals surface area contributed by atoms with Crippen molar-refractivity contribution in [1.82, 2.24) is 26.6 Å². The number of hydrogen-bond acceptors (Lipinski definition) is 8. The Labute approximate surface area is 296 Å². The average Bonchev–Trinajstić information content (AvgIpc) is 3.05. The van der Waals surface area contributed by atoms with E-state index in [1.165, 1.54) is 12.1 Å². The van der Waals surface area contributed by atoms with Crippen LogP contribution in [0.4, 0.5) is 0 Å². The molecule has 0 saturated heterocycles. The summed E-state index contributed by atoms with van der Waals surface area (Å²) in [6, 6.07) is -0.435. The highest BCUT2D eigenvalue weighted by Gasteiger charge is 2.37. The minimum absolute atomic E-state index is 0.0180. The molecule has 1 aromatic rings. The van der Waals surface area contributed by atoms with Crippen LogP contribution in [0.5, 0.6) is 5.75 Å². The highest BCUT2D eigenvalue weighted by atomic mass is 16.4. The number of hydrogen-bond donors (Lipinski definition) is 8. The molecule has 0 bridgehead atoms. The molecule has 0 unspecified atom stereocenters. The van der Waals surface area contributed by atoms with Gasteiger partial charge in [-0.1, -0.05) is 94.2 Å². The number of carbonyl (C=O) groups excluding carboxylic acids is 5. The summed E-state index contributed by atoms with van der Waals surface area (Å²) in [5, 5.41) is 32.9. The standard InChI is InChI=1S/C36H60N6O8/c1-11-21(9)29(34(47)38-25(36(49)50)17-23-13-15-24(43)16-14-23)41-33(46)28(20(7)8)40-35(48)30(22(10)12-2)42-32(45)27(19(5)6)39-31(44)26(37)18(3)4/h13-16,18-22,25-30,43H,11-12,17,37H2,1-10H3,(H,38,47)(H,39,44)(H,40,48)(H,41,46)(H,42,45)(H,49,50)/t21-,22-,25-,26-,27-,28-,29-,30-/m0/s1. The van der Waals surface area contributed by atoms with Gasteiger partial charge in [0.15, 0.2) is 0 Å². The molecule has 0 aliphatic carbocycles. The Kier molecular flexibility index (Phi) is 17.9. The summed E-state index contributed by atoms with van der Waals surface area (Å²) in [5.74, 6) is -5.92. The lowest BCUT2D eigenvalue weighted by Gasteiger charge is -2.32. The second-order valence-corrected chi connectivity index (χ2v) is 14.2. The Morgan fingerprint density at radius 1 is 0.580 bits per heavy atom. The fourth-order valence-electron chi connectivity index (χ4n) is 5.08. The predicted octanol–water partition coefficient (Wildman–Crippen LogP) is 1.83. The third-order valence-corrected chi connectivity index (χ3v) is 9.09. The molecule has 1 rings (SSSR count). The predicted molar refractivity (Wildman–Crippen MR) is 190 cm³/mol. The lowest BCUT2D eigenvalue weighted by Crippen LogP contribution is -2.62. The summed E-state index contributed by atoms with van der Waals surface area (Å²) in [6.07, 6.45) is 0.936. The normalized spacial score (nSPS) is 16.3. The number of rotatable bonds is 20. The number of nitrogens with two attached hydrogens (primary N) is 1. The number of aromatic hydroxyl groups is 1. The number of carboxylic acid groups (broad SMARTS) is 1. The molecule has 0 radical (unpaired) electrons. The smallest absolute Gasteiger partial charge is 0.326 e. The molecule has 14 heteroatoms. The van der Waals surface area contributed by atoms with E-state index in [1.807, 2.05) is 13.8 Å². The zero-order valence-corrected chi connectivity index (χ0v) is 31.2. The molecule has 50 heavy (non-hydrogen) atoms. The van der Waals surface area contributed by atoms with Crippen LogP contribution in [0.15, 0.2) is 24.3 Å². The number of amides is 5. The highest BCUT2D eigenvalue weighted by Crippen LogP contribution is 2.16. The molecular weight excluding hydrogens is 644 g/mol. The lowest BCUT2D eigenvalue weighted by molar-refractivity contribution is -0.142. The van der Waals surface area contributed by atoms with Gasteiger partial charge in [0.2, 0.25) is 29.5 Å². The molecule has 1 aromatic carbocycles. The van der Waals surface area contributed by atoms with E-state index < -0.39 is 83.6 Å². The summed E-state index contributed by atoms with van der Waals surface area (Å²) in [7, 11) is 0. The van der Waals surface area contributed by atoms with Crippen molar-refractivity contribution >= 4 is 35.5 Å². The first kappa shape index (κ1) is 43.8. The van der Waals surface area contributed by atoms with Gasteiger partial charge in [0.25, 0.3) is 0 Å². The molecule has 9 N–H and O–H groups in total. The third-order valence-electron chi connectivity index (χ3n) is 9.09. The van der Waals surface area contributed by atoms with E-state index in [0.717, 1.165) is 0 Å². The highest BCUT2D eigenvalue weighted by molar-refractivity contribution is 5.96. The molecule has 0 spiro atoms. The van der Waals surface area contributed by atoms with E-state index in [2.05, 4.69) is 26.6 Å².